The van der Waals surface area contributed by atoms with E-state index in [4.69, 9.17) is 4.98 Å². The van der Waals surface area contributed by atoms with Gasteiger partial charge in [0.2, 0.25) is 0 Å². The summed E-state index contributed by atoms with van der Waals surface area (Å²) in [6.07, 6.45) is 7.88. The van der Waals surface area contributed by atoms with Crippen molar-refractivity contribution in [3.63, 3.8) is 0 Å². The van der Waals surface area contributed by atoms with Crippen LogP contribution in [0.2, 0.25) is 0 Å². The first kappa shape index (κ1) is 34.7. The van der Waals surface area contributed by atoms with Crippen LogP contribution in [-0.2, 0) is 31.3 Å². The van der Waals surface area contributed by atoms with Gasteiger partial charge in [0.25, 0.3) is 0 Å². The molecule has 0 bridgehead atoms. The van der Waals surface area contributed by atoms with Gasteiger partial charge in [-0.3, -0.25) is 4.79 Å². The number of nitrogens with zero attached hydrogens (tertiary/aromatic N) is 2. The zero-order valence-corrected chi connectivity index (χ0v) is 29.1. The third-order valence-corrected chi connectivity index (χ3v) is 8.40. The van der Waals surface area contributed by atoms with Crippen LogP contribution >= 0.6 is 0 Å². The van der Waals surface area contributed by atoms with E-state index in [2.05, 4.69) is 70.2 Å². The van der Waals surface area contributed by atoms with Crippen LogP contribution in [0, 0.1) is 44.1 Å². The zero-order valence-electron chi connectivity index (χ0n) is 26.7. The molecule has 5 heteroatoms. The van der Waals surface area contributed by atoms with Crippen LogP contribution in [0.15, 0.2) is 42.3 Å². The second-order valence-corrected chi connectivity index (χ2v) is 12.4. The molecule has 0 saturated carbocycles. The Morgan fingerprint density at radius 1 is 0.976 bits per heavy atom. The number of aromatic nitrogens is 2. The van der Waals surface area contributed by atoms with Gasteiger partial charge in [-0.25, -0.2) is 0 Å². The molecule has 1 radical (unpaired) electrons. The molecule has 41 heavy (non-hydrogen) atoms. The van der Waals surface area contributed by atoms with Crippen molar-refractivity contribution in [2.45, 2.75) is 101 Å². The molecule has 225 valence electrons. The number of ketones is 1. The second kappa shape index (κ2) is 14.6. The summed E-state index contributed by atoms with van der Waals surface area (Å²) < 4.78 is 2.43. The number of fused-ring (bicyclic) bond motifs is 6. The summed E-state index contributed by atoms with van der Waals surface area (Å²) in [6, 6.07) is 11.9. The largest absolute Gasteiger partial charge is 0.512 e. The number of aliphatic hydroxyl groups is 1. The van der Waals surface area contributed by atoms with Crippen molar-refractivity contribution >= 4 is 33.1 Å². The standard InChI is InChI=1S/C23H25N2.C13H24O2.Ir/c1-14-15(2)21-19-10-8-7-9-18(19)20-22(25(21)16(14)3)17(11-12-24-20)13-23(4,5)6;1-5-10(6-2)12(14)9-13(15)11(7-3)8-4;/h7-8,10-12H,13H2,1-6H3;9-11,14H,5-8H2,1-4H3;/q-1;;/b;12-9-;. The maximum absolute atomic E-state index is 11.7. The number of pyridine rings is 2. The normalized spacial score (nSPS) is 12.2. The quantitative estimate of drug-likeness (QED) is 0.0850. The fourth-order valence-electron chi connectivity index (χ4n) is 5.80. The van der Waals surface area contributed by atoms with E-state index in [1.54, 1.807) is 0 Å². The van der Waals surface area contributed by atoms with E-state index in [0.717, 1.165) is 43.0 Å². The molecule has 1 N–H and O–H groups in total. The molecule has 0 aliphatic rings. The van der Waals surface area contributed by atoms with Gasteiger partial charge < -0.3 is 14.5 Å². The summed E-state index contributed by atoms with van der Waals surface area (Å²) in [6.45, 7) is 21.6. The van der Waals surface area contributed by atoms with Gasteiger partial charge in [0.05, 0.1) is 5.76 Å². The number of rotatable bonds is 8. The van der Waals surface area contributed by atoms with E-state index in [0.29, 0.717) is 0 Å². The number of aliphatic hydroxyl groups excluding tert-OH is 1. The van der Waals surface area contributed by atoms with Crippen LogP contribution in [0.3, 0.4) is 0 Å². The number of hydrogen-bond donors (Lipinski definition) is 1. The minimum Gasteiger partial charge on any atom is -0.512 e. The molecule has 0 aliphatic carbocycles. The Morgan fingerprint density at radius 2 is 1.59 bits per heavy atom. The first-order valence-corrected chi connectivity index (χ1v) is 15.0. The third kappa shape index (κ3) is 7.48. The molecule has 0 aliphatic heterocycles. The maximum Gasteiger partial charge on any atom is 0.162 e. The number of allylic oxidation sites excluding steroid dienone is 2. The predicted octanol–water partition coefficient (Wildman–Crippen LogP) is 9.82. The number of carbonyl (C=O) groups is 1. The molecular formula is C36H49IrN2O2-. The summed E-state index contributed by atoms with van der Waals surface area (Å²) in [5.74, 6) is 0.547. The van der Waals surface area contributed by atoms with Crippen LogP contribution in [0.25, 0.3) is 27.3 Å². The fraction of sp³-hybridized carbons (Fsp3) is 0.500. The van der Waals surface area contributed by atoms with E-state index in [-0.39, 0.29) is 48.9 Å². The van der Waals surface area contributed by atoms with Gasteiger partial charge in [-0.1, -0.05) is 53.9 Å². The Hall–Kier alpha value is -2.49. The fourth-order valence-corrected chi connectivity index (χ4v) is 5.80. The average Bonchev–Trinajstić information content (AvgIpc) is 3.14. The minimum atomic E-state index is 0. The van der Waals surface area contributed by atoms with E-state index in [1.165, 1.54) is 44.9 Å². The SMILES string of the molecule is CCC(CC)C(=O)/C=C(\O)C(CC)CC.Cc1c(C)c2c3ccc[c-]c3c3nccc(CC(C)(C)C)c3n2c1C.[Ir]. The Balaban J connectivity index is 0.000000320. The summed E-state index contributed by atoms with van der Waals surface area (Å²) in [5, 5.41) is 12.1. The molecule has 3 heterocycles. The molecule has 4 aromatic rings. The Morgan fingerprint density at radius 3 is 2.15 bits per heavy atom. The number of hydrogen-bond acceptors (Lipinski definition) is 3. The van der Waals surface area contributed by atoms with Crippen molar-refractivity contribution in [3.05, 3.63) is 70.7 Å². The number of aryl methyl sites for hydroxylation is 2. The van der Waals surface area contributed by atoms with Gasteiger partial charge in [0.1, 0.15) is 0 Å². The van der Waals surface area contributed by atoms with Crippen molar-refractivity contribution in [2.75, 3.05) is 0 Å². The van der Waals surface area contributed by atoms with Crippen molar-refractivity contribution in [3.8, 4) is 0 Å². The predicted molar refractivity (Wildman–Crippen MR) is 170 cm³/mol. The summed E-state index contributed by atoms with van der Waals surface area (Å²) in [5.41, 5.74) is 9.22. The van der Waals surface area contributed by atoms with Crippen molar-refractivity contribution in [1.82, 2.24) is 9.38 Å². The van der Waals surface area contributed by atoms with Crippen LogP contribution in [-0.4, -0.2) is 20.3 Å². The second-order valence-electron chi connectivity index (χ2n) is 12.4. The van der Waals surface area contributed by atoms with Crippen LogP contribution in [0.5, 0.6) is 0 Å². The van der Waals surface area contributed by atoms with E-state index in [9.17, 15) is 9.90 Å². The Kier molecular flexibility index (Phi) is 12.4. The first-order chi connectivity index (χ1) is 18.9. The molecule has 1 aromatic carbocycles. The molecular weight excluding hydrogens is 685 g/mol. The van der Waals surface area contributed by atoms with Gasteiger partial charge in [-0.15, -0.1) is 29.7 Å². The van der Waals surface area contributed by atoms with Gasteiger partial charge in [0, 0.05) is 66.5 Å². The molecule has 0 spiro atoms. The van der Waals surface area contributed by atoms with E-state index in [1.807, 2.05) is 40.0 Å². The van der Waals surface area contributed by atoms with Crippen molar-refractivity contribution < 1.29 is 30.0 Å². The third-order valence-electron chi connectivity index (χ3n) is 8.40. The summed E-state index contributed by atoms with van der Waals surface area (Å²) in [4.78, 5) is 16.5. The number of benzene rings is 1. The number of carbonyl (C=O) groups excluding carboxylic acids is 1. The van der Waals surface area contributed by atoms with E-state index < -0.39 is 0 Å². The molecule has 0 atom stereocenters. The van der Waals surface area contributed by atoms with Crippen LogP contribution in [0.4, 0.5) is 0 Å². The Bertz CT molecular complexity index is 1520. The zero-order chi connectivity index (χ0) is 29.8. The molecule has 4 rings (SSSR count). The topological polar surface area (TPSA) is 54.6 Å². The molecule has 3 aromatic heterocycles. The monoisotopic (exact) mass is 734 g/mol. The maximum atomic E-state index is 11.7. The van der Waals surface area contributed by atoms with Gasteiger partial charge >= 0.3 is 0 Å². The average molecular weight is 734 g/mol. The minimum absolute atomic E-state index is 0. The van der Waals surface area contributed by atoms with E-state index >= 15 is 0 Å². The van der Waals surface area contributed by atoms with Crippen LogP contribution < -0.4 is 0 Å². The first-order valence-electron chi connectivity index (χ1n) is 15.0. The van der Waals surface area contributed by atoms with Gasteiger partial charge in [0.15, 0.2) is 5.78 Å². The van der Waals surface area contributed by atoms with Crippen molar-refractivity contribution in [1.29, 1.82) is 0 Å². The van der Waals surface area contributed by atoms with Gasteiger partial charge in [-0.05, 0) is 81.0 Å². The Labute approximate surface area is 261 Å². The van der Waals surface area contributed by atoms with Crippen molar-refractivity contribution in [2.24, 2.45) is 17.3 Å². The molecule has 4 nitrogen and oxygen atoms in total. The molecule has 0 unspecified atom stereocenters. The van der Waals surface area contributed by atoms with Gasteiger partial charge in [-0.2, -0.15) is 0 Å². The molecule has 0 amide bonds. The molecule has 0 fully saturated rings. The smallest absolute Gasteiger partial charge is 0.162 e. The van der Waals surface area contributed by atoms with Crippen LogP contribution in [0.1, 0.15) is 96.5 Å². The summed E-state index contributed by atoms with van der Waals surface area (Å²) in [7, 11) is 0. The summed E-state index contributed by atoms with van der Waals surface area (Å²) >= 11 is 0. The molecule has 0 saturated heterocycles.